The Morgan fingerprint density at radius 3 is 2.85 bits per heavy atom. The van der Waals surface area contributed by atoms with Crippen molar-refractivity contribution >= 4 is 11.6 Å². The predicted octanol–water partition coefficient (Wildman–Crippen LogP) is 0.796. The van der Waals surface area contributed by atoms with E-state index in [1.807, 2.05) is 4.90 Å². The number of nitrogens with zero attached hydrogens (tertiary/aromatic N) is 2. The molecule has 2 atom stereocenters. The van der Waals surface area contributed by atoms with Crippen LogP contribution in [0.15, 0.2) is 24.3 Å². The van der Waals surface area contributed by atoms with E-state index in [9.17, 15) is 9.90 Å². The average Bonchev–Trinajstić information content (AvgIpc) is 2.40. The Bertz CT molecular complexity index is 476. The summed E-state index contributed by atoms with van der Waals surface area (Å²) < 4.78 is 0. The van der Waals surface area contributed by atoms with Crippen molar-refractivity contribution < 1.29 is 9.90 Å². The van der Waals surface area contributed by atoms with Crippen molar-refractivity contribution in [2.24, 2.45) is 0 Å². The number of hydrogen-bond acceptors (Lipinski definition) is 4. The van der Waals surface area contributed by atoms with Crippen LogP contribution in [-0.4, -0.2) is 59.1 Å². The minimum Gasteiger partial charge on any atom is -0.399 e. The molecular weight excluding hydrogens is 254 g/mol. The zero-order chi connectivity index (χ0) is 14.7. The number of aliphatic hydroxyl groups excluding tert-OH is 1. The number of anilines is 1. The van der Waals surface area contributed by atoms with Gasteiger partial charge in [-0.05, 0) is 32.0 Å². The molecule has 0 aliphatic carbocycles. The first kappa shape index (κ1) is 14.8. The third-order valence-corrected chi connectivity index (χ3v) is 3.68. The molecule has 2 rings (SSSR count). The maximum absolute atomic E-state index is 12.4. The van der Waals surface area contributed by atoms with Gasteiger partial charge in [0.15, 0.2) is 0 Å². The highest BCUT2D eigenvalue weighted by atomic mass is 16.3. The first-order chi connectivity index (χ1) is 9.47. The van der Waals surface area contributed by atoms with Gasteiger partial charge < -0.3 is 15.7 Å². The molecule has 2 unspecified atom stereocenters. The van der Waals surface area contributed by atoms with Crippen molar-refractivity contribution in [1.29, 1.82) is 0 Å². The van der Waals surface area contributed by atoms with Crippen LogP contribution in [0.25, 0.3) is 0 Å². The molecule has 1 saturated heterocycles. The third kappa shape index (κ3) is 3.49. The minimum absolute atomic E-state index is 0.0286. The predicted molar refractivity (Wildman–Crippen MR) is 79.5 cm³/mol. The number of benzene rings is 1. The number of aliphatic hydroxyl groups is 1. The average molecular weight is 277 g/mol. The van der Waals surface area contributed by atoms with Gasteiger partial charge in [0.25, 0.3) is 5.91 Å². The van der Waals surface area contributed by atoms with Crippen LogP contribution in [0, 0.1) is 0 Å². The Morgan fingerprint density at radius 1 is 1.50 bits per heavy atom. The van der Waals surface area contributed by atoms with Crippen molar-refractivity contribution in [2.75, 3.05) is 31.9 Å². The van der Waals surface area contributed by atoms with E-state index in [4.69, 9.17) is 5.73 Å². The molecule has 1 aromatic rings. The first-order valence-electron chi connectivity index (χ1n) is 7.04. The molecule has 1 amide bonds. The summed E-state index contributed by atoms with van der Waals surface area (Å²) in [6, 6.07) is 7.35. The highest BCUT2D eigenvalue weighted by Gasteiger charge is 2.27. The number of β-amino-alcohol motifs (C(OH)–C–C–N with tert-alkyl or cyclic N) is 1. The van der Waals surface area contributed by atoms with E-state index in [1.165, 1.54) is 0 Å². The van der Waals surface area contributed by atoms with Crippen molar-refractivity contribution in [3.05, 3.63) is 29.8 Å². The summed E-state index contributed by atoms with van der Waals surface area (Å²) in [6.45, 7) is 6.69. The van der Waals surface area contributed by atoms with Crippen LogP contribution in [0.5, 0.6) is 0 Å². The Morgan fingerprint density at radius 2 is 2.25 bits per heavy atom. The molecule has 1 aromatic carbocycles. The number of rotatable bonds is 3. The van der Waals surface area contributed by atoms with Crippen LogP contribution in [0.1, 0.15) is 24.2 Å². The lowest BCUT2D eigenvalue weighted by Crippen LogP contribution is -2.54. The quantitative estimate of drug-likeness (QED) is 0.802. The molecule has 0 spiro atoms. The minimum atomic E-state index is -0.339. The maximum Gasteiger partial charge on any atom is 0.254 e. The van der Waals surface area contributed by atoms with E-state index in [-0.39, 0.29) is 18.1 Å². The molecule has 5 heteroatoms. The van der Waals surface area contributed by atoms with Crippen molar-refractivity contribution in [3.63, 3.8) is 0 Å². The first-order valence-corrected chi connectivity index (χ1v) is 7.04. The third-order valence-electron chi connectivity index (χ3n) is 3.68. The molecule has 1 aliphatic heterocycles. The van der Waals surface area contributed by atoms with Gasteiger partial charge in [-0.15, -0.1) is 0 Å². The molecule has 0 radical (unpaired) electrons. The van der Waals surface area contributed by atoms with Crippen molar-refractivity contribution in [2.45, 2.75) is 26.0 Å². The largest absolute Gasteiger partial charge is 0.399 e. The number of piperazine rings is 1. The van der Waals surface area contributed by atoms with E-state index in [0.29, 0.717) is 30.9 Å². The number of nitrogen functional groups attached to an aromatic ring is 1. The van der Waals surface area contributed by atoms with Crippen molar-refractivity contribution in [3.8, 4) is 0 Å². The van der Waals surface area contributed by atoms with E-state index < -0.39 is 0 Å². The smallest absolute Gasteiger partial charge is 0.254 e. The number of carbonyl (C=O) groups is 1. The fourth-order valence-electron chi connectivity index (χ4n) is 2.64. The van der Waals surface area contributed by atoms with Crippen LogP contribution in [0.2, 0.25) is 0 Å². The van der Waals surface area contributed by atoms with E-state index in [1.54, 1.807) is 31.2 Å². The Kier molecular flexibility index (Phi) is 4.62. The van der Waals surface area contributed by atoms with Gasteiger partial charge in [0.05, 0.1) is 6.10 Å². The van der Waals surface area contributed by atoms with Gasteiger partial charge in [0.2, 0.25) is 0 Å². The Balaban J connectivity index is 2.00. The topological polar surface area (TPSA) is 69.8 Å². The number of carbonyl (C=O) groups excluding carboxylic acids is 1. The summed E-state index contributed by atoms with van der Waals surface area (Å²) >= 11 is 0. The van der Waals surface area contributed by atoms with E-state index >= 15 is 0 Å². The van der Waals surface area contributed by atoms with Gasteiger partial charge in [-0.2, -0.15) is 0 Å². The lowest BCUT2D eigenvalue weighted by Gasteiger charge is -2.40. The Labute approximate surface area is 120 Å². The normalized spacial score (nSPS) is 21.8. The molecule has 3 N–H and O–H groups in total. The highest BCUT2D eigenvalue weighted by molar-refractivity contribution is 5.95. The van der Waals surface area contributed by atoms with E-state index in [2.05, 4.69) is 11.8 Å². The fourth-order valence-corrected chi connectivity index (χ4v) is 2.64. The number of amides is 1. The van der Waals surface area contributed by atoms with Gasteiger partial charge >= 0.3 is 0 Å². The molecule has 1 heterocycles. The molecule has 0 saturated carbocycles. The SMILES string of the molecule is CC(O)CN1CCN(C(=O)c2cccc(N)c2)CC1C. The zero-order valence-corrected chi connectivity index (χ0v) is 12.1. The van der Waals surface area contributed by atoms with E-state index in [0.717, 1.165) is 6.54 Å². The second-order valence-corrected chi connectivity index (χ2v) is 5.57. The summed E-state index contributed by atoms with van der Waals surface area (Å²) in [5.74, 6) is 0.0286. The summed E-state index contributed by atoms with van der Waals surface area (Å²) in [7, 11) is 0. The number of hydrogen-bond donors (Lipinski definition) is 2. The van der Waals surface area contributed by atoms with Crippen LogP contribution in [0.4, 0.5) is 5.69 Å². The molecule has 110 valence electrons. The molecule has 0 aromatic heterocycles. The molecule has 5 nitrogen and oxygen atoms in total. The van der Waals surface area contributed by atoms with Gasteiger partial charge in [0, 0.05) is 43.5 Å². The lowest BCUT2D eigenvalue weighted by molar-refractivity contribution is 0.0365. The fraction of sp³-hybridized carbons (Fsp3) is 0.533. The molecule has 1 aliphatic rings. The van der Waals surface area contributed by atoms with Gasteiger partial charge in [-0.25, -0.2) is 0 Å². The van der Waals surface area contributed by atoms with Gasteiger partial charge in [-0.1, -0.05) is 6.07 Å². The Hall–Kier alpha value is -1.59. The lowest BCUT2D eigenvalue weighted by atomic mass is 10.1. The second kappa shape index (κ2) is 6.24. The monoisotopic (exact) mass is 277 g/mol. The van der Waals surface area contributed by atoms with Crippen LogP contribution in [-0.2, 0) is 0 Å². The van der Waals surface area contributed by atoms with Crippen LogP contribution >= 0.6 is 0 Å². The second-order valence-electron chi connectivity index (χ2n) is 5.57. The standard InChI is InChI=1S/C15H23N3O2/c1-11-9-18(7-6-17(11)10-12(2)19)15(20)13-4-3-5-14(16)8-13/h3-5,8,11-12,19H,6-7,9-10,16H2,1-2H3. The summed E-state index contributed by atoms with van der Waals surface area (Å²) in [6.07, 6.45) is -0.339. The number of nitrogens with two attached hydrogens (primary N) is 1. The van der Waals surface area contributed by atoms with Gasteiger partial charge in [-0.3, -0.25) is 9.69 Å². The zero-order valence-electron chi connectivity index (χ0n) is 12.1. The van der Waals surface area contributed by atoms with Gasteiger partial charge in [0.1, 0.15) is 0 Å². The summed E-state index contributed by atoms with van der Waals surface area (Å²) in [5, 5.41) is 9.47. The van der Waals surface area contributed by atoms with Crippen molar-refractivity contribution in [1.82, 2.24) is 9.80 Å². The summed E-state index contributed by atoms with van der Waals surface area (Å²) in [5.41, 5.74) is 6.97. The molecule has 20 heavy (non-hydrogen) atoms. The molecule has 1 fully saturated rings. The summed E-state index contributed by atoms with van der Waals surface area (Å²) in [4.78, 5) is 16.5. The van der Waals surface area contributed by atoms with Crippen LogP contribution in [0.3, 0.4) is 0 Å². The van der Waals surface area contributed by atoms with Crippen LogP contribution < -0.4 is 5.73 Å². The molecular formula is C15H23N3O2. The highest BCUT2D eigenvalue weighted by Crippen LogP contribution is 2.15. The molecule has 0 bridgehead atoms. The maximum atomic E-state index is 12.4.